The molecular formula is C11H14BrNO2. The average Bonchev–Trinajstić information content (AvgIpc) is 3.01. The summed E-state index contributed by atoms with van der Waals surface area (Å²) in [5.74, 6) is 0.635. The molecule has 4 heteroatoms. The molecule has 3 nitrogen and oxygen atoms in total. The maximum absolute atomic E-state index is 9.13. The standard InChI is InChI=1S/C11H14BrNO2/c1-8-9(12)2-3-10(13-8)15-7-11(6-14)4-5-11/h2-3,14H,4-7H2,1H3. The van der Waals surface area contributed by atoms with Crippen molar-refractivity contribution in [3.63, 3.8) is 0 Å². The summed E-state index contributed by atoms with van der Waals surface area (Å²) in [7, 11) is 0. The van der Waals surface area contributed by atoms with Crippen molar-refractivity contribution in [3.05, 3.63) is 22.3 Å². The third-order valence-electron chi connectivity index (χ3n) is 2.81. The fourth-order valence-electron chi connectivity index (χ4n) is 1.35. The lowest BCUT2D eigenvalue weighted by molar-refractivity contribution is 0.143. The summed E-state index contributed by atoms with van der Waals surface area (Å²) < 4.78 is 6.55. The van der Waals surface area contributed by atoms with E-state index in [2.05, 4.69) is 20.9 Å². The molecule has 1 aliphatic carbocycles. The Morgan fingerprint density at radius 2 is 2.27 bits per heavy atom. The zero-order chi connectivity index (χ0) is 10.9. The van der Waals surface area contributed by atoms with Gasteiger partial charge in [0.1, 0.15) is 0 Å². The molecule has 0 unspecified atom stereocenters. The molecule has 1 heterocycles. The fraction of sp³-hybridized carbons (Fsp3) is 0.545. The van der Waals surface area contributed by atoms with E-state index in [1.807, 2.05) is 19.1 Å². The number of aromatic nitrogens is 1. The van der Waals surface area contributed by atoms with Crippen molar-refractivity contribution in [1.82, 2.24) is 4.98 Å². The molecule has 0 amide bonds. The number of aryl methyl sites for hydroxylation is 1. The van der Waals surface area contributed by atoms with Crippen LogP contribution in [0.2, 0.25) is 0 Å². The number of rotatable bonds is 4. The number of aliphatic hydroxyl groups is 1. The van der Waals surface area contributed by atoms with Crippen LogP contribution in [0.25, 0.3) is 0 Å². The van der Waals surface area contributed by atoms with E-state index >= 15 is 0 Å². The number of hydrogen-bond acceptors (Lipinski definition) is 3. The summed E-state index contributed by atoms with van der Waals surface area (Å²) in [6, 6.07) is 3.76. The Hall–Kier alpha value is -0.610. The summed E-state index contributed by atoms with van der Waals surface area (Å²) in [5.41, 5.74) is 0.934. The van der Waals surface area contributed by atoms with Crippen LogP contribution in [0.1, 0.15) is 18.5 Å². The molecule has 0 atom stereocenters. The van der Waals surface area contributed by atoms with Gasteiger partial charge in [-0.25, -0.2) is 4.98 Å². The van der Waals surface area contributed by atoms with E-state index in [4.69, 9.17) is 9.84 Å². The summed E-state index contributed by atoms with van der Waals surface area (Å²) in [6.07, 6.45) is 2.11. The Morgan fingerprint density at radius 3 is 2.80 bits per heavy atom. The van der Waals surface area contributed by atoms with Gasteiger partial charge in [-0.05, 0) is 41.8 Å². The van der Waals surface area contributed by atoms with Crippen LogP contribution in [0.4, 0.5) is 0 Å². The first-order valence-corrected chi connectivity index (χ1v) is 5.81. The van der Waals surface area contributed by atoms with E-state index in [1.165, 1.54) is 0 Å². The first kappa shape index (κ1) is 10.9. The fourth-order valence-corrected chi connectivity index (χ4v) is 1.57. The van der Waals surface area contributed by atoms with Gasteiger partial charge >= 0.3 is 0 Å². The van der Waals surface area contributed by atoms with Gasteiger partial charge in [-0.15, -0.1) is 0 Å². The molecule has 0 radical (unpaired) electrons. The van der Waals surface area contributed by atoms with Gasteiger partial charge in [0.2, 0.25) is 5.88 Å². The molecule has 2 rings (SSSR count). The summed E-state index contributed by atoms with van der Waals surface area (Å²) in [6.45, 7) is 2.70. The SMILES string of the molecule is Cc1nc(OCC2(CO)CC2)ccc1Br. The van der Waals surface area contributed by atoms with Gasteiger partial charge in [0, 0.05) is 16.0 Å². The molecule has 0 bridgehead atoms. The number of pyridine rings is 1. The molecule has 15 heavy (non-hydrogen) atoms. The lowest BCUT2D eigenvalue weighted by atomic mass is 10.1. The normalized spacial score (nSPS) is 17.5. The second-order valence-electron chi connectivity index (χ2n) is 4.16. The highest BCUT2D eigenvalue weighted by molar-refractivity contribution is 9.10. The van der Waals surface area contributed by atoms with Gasteiger partial charge < -0.3 is 9.84 Å². The molecule has 82 valence electrons. The van der Waals surface area contributed by atoms with Crippen LogP contribution in [0, 0.1) is 12.3 Å². The molecule has 0 aromatic carbocycles. The quantitative estimate of drug-likeness (QED) is 0.914. The van der Waals surface area contributed by atoms with E-state index in [1.54, 1.807) is 0 Å². The van der Waals surface area contributed by atoms with Crippen molar-refractivity contribution < 1.29 is 9.84 Å². The highest BCUT2D eigenvalue weighted by atomic mass is 79.9. The maximum atomic E-state index is 9.13. The molecule has 1 aromatic heterocycles. The highest BCUT2D eigenvalue weighted by Gasteiger charge is 2.43. The minimum atomic E-state index is 0.0165. The van der Waals surface area contributed by atoms with Crippen molar-refractivity contribution in [2.24, 2.45) is 5.41 Å². The van der Waals surface area contributed by atoms with E-state index < -0.39 is 0 Å². The molecule has 1 aliphatic rings. The predicted molar refractivity (Wildman–Crippen MR) is 60.9 cm³/mol. The van der Waals surface area contributed by atoms with Gasteiger partial charge in [-0.2, -0.15) is 0 Å². The van der Waals surface area contributed by atoms with E-state index in [9.17, 15) is 0 Å². The maximum Gasteiger partial charge on any atom is 0.213 e. The summed E-state index contributed by atoms with van der Waals surface area (Å²) in [5, 5.41) is 9.13. The van der Waals surface area contributed by atoms with Crippen LogP contribution in [-0.4, -0.2) is 23.3 Å². The zero-order valence-electron chi connectivity index (χ0n) is 8.66. The van der Waals surface area contributed by atoms with E-state index in [0.717, 1.165) is 23.0 Å². The Balaban J connectivity index is 1.96. The lowest BCUT2D eigenvalue weighted by Gasteiger charge is -2.12. The van der Waals surface area contributed by atoms with Crippen LogP contribution in [0.5, 0.6) is 5.88 Å². The Labute approximate surface area is 97.6 Å². The molecule has 1 fully saturated rings. The van der Waals surface area contributed by atoms with E-state index in [0.29, 0.717) is 12.5 Å². The Morgan fingerprint density at radius 1 is 1.53 bits per heavy atom. The first-order chi connectivity index (χ1) is 7.15. The van der Waals surface area contributed by atoms with Gasteiger partial charge in [0.05, 0.1) is 18.9 Å². The van der Waals surface area contributed by atoms with Crippen molar-refractivity contribution in [1.29, 1.82) is 0 Å². The van der Waals surface area contributed by atoms with Gasteiger partial charge in [0.25, 0.3) is 0 Å². The third-order valence-corrected chi connectivity index (χ3v) is 3.65. The average molecular weight is 272 g/mol. The predicted octanol–water partition coefficient (Wildman–Crippen LogP) is 2.30. The highest BCUT2D eigenvalue weighted by Crippen LogP contribution is 2.45. The molecule has 0 saturated heterocycles. The Bertz CT molecular complexity index is 364. The number of aliphatic hydroxyl groups excluding tert-OH is 1. The monoisotopic (exact) mass is 271 g/mol. The van der Waals surface area contributed by atoms with Crippen LogP contribution in [0.3, 0.4) is 0 Å². The number of ether oxygens (including phenoxy) is 1. The molecule has 1 aromatic rings. The summed E-state index contributed by atoms with van der Waals surface area (Å²) in [4.78, 5) is 4.29. The van der Waals surface area contributed by atoms with Gasteiger partial charge in [0.15, 0.2) is 0 Å². The molecule has 1 saturated carbocycles. The second-order valence-corrected chi connectivity index (χ2v) is 5.02. The van der Waals surface area contributed by atoms with Gasteiger partial charge in [-0.3, -0.25) is 0 Å². The van der Waals surface area contributed by atoms with Crippen molar-refractivity contribution >= 4 is 15.9 Å². The molecule has 0 spiro atoms. The minimum Gasteiger partial charge on any atom is -0.477 e. The van der Waals surface area contributed by atoms with Crippen LogP contribution >= 0.6 is 15.9 Å². The topological polar surface area (TPSA) is 42.4 Å². The zero-order valence-corrected chi connectivity index (χ0v) is 10.2. The smallest absolute Gasteiger partial charge is 0.213 e. The van der Waals surface area contributed by atoms with Crippen LogP contribution in [0.15, 0.2) is 16.6 Å². The van der Waals surface area contributed by atoms with Crippen LogP contribution < -0.4 is 4.74 Å². The third kappa shape index (κ3) is 2.49. The molecular weight excluding hydrogens is 258 g/mol. The molecule has 0 aliphatic heterocycles. The minimum absolute atomic E-state index is 0.0165. The van der Waals surface area contributed by atoms with Gasteiger partial charge in [-0.1, -0.05) is 0 Å². The number of halogens is 1. The van der Waals surface area contributed by atoms with Crippen LogP contribution in [-0.2, 0) is 0 Å². The number of nitrogens with zero attached hydrogens (tertiary/aromatic N) is 1. The second kappa shape index (κ2) is 4.10. The van der Waals surface area contributed by atoms with Crippen molar-refractivity contribution in [2.75, 3.05) is 13.2 Å². The lowest BCUT2D eigenvalue weighted by Crippen LogP contribution is -2.17. The van der Waals surface area contributed by atoms with Crippen molar-refractivity contribution in [3.8, 4) is 5.88 Å². The van der Waals surface area contributed by atoms with E-state index in [-0.39, 0.29) is 12.0 Å². The Kier molecular flexibility index (Phi) is 2.98. The first-order valence-electron chi connectivity index (χ1n) is 5.02. The summed E-state index contributed by atoms with van der Waals surface area (Å²) >= 11 is 3.39. The van der Waals surface area contributed by atoms with Crippen molar-refractivity contribution in [2.45, 2.75) is 19.8 Å². The molecule has 1 N–H and O–H groups in total. The largest absolute Gasteiger partial charge is 0.477 e. The number of hydrogen-bond donors (Lipinski definition) is 1.